The highest BCUT2D eigenvalue weighted by atomic mass is 35.5. The smallest absolute Gasteiger partial charge is 0.229 e. The fourth-order valence-electron chi connectivity index (χ4n) is 4.35. The number of ether oxygens (including phenoxy) is 1. The van der Waals surface area contributed by atoms with E-state index in [2.05, 4.69) is 25.5 Å². The number of aromatic nitrogens is 2. The quantitative estimate of drug-likeness (QED) is 0.521. The lowest BCUT2D eigenvalue weighted by Crippen LogP contribution is -2.36. The largest absolute Gasteiger partial charge is 0.378 e. The molecule has 1 unspecified atom stereocenters. The summed E-state index contributed by atoms with van der Waals surface area (Å²) in [6.45, 7) is 5.18. The van der Waals surface area contributed by atoms with Gasteiger partial charge in [-0.05, 0) is 55.5 Å². The average molecular weight is 507 g/mol. The molecule has 9 nitrogen and oxygen atoms in total. The predicted molar refractivity (Wildman–Crippen MR) is 140 cm³/mol. The molecule has 1 aromatic heterocycles. The van der Waals surface area contributed by atoms with Crippen LogP contribution in [0, 0.1) is 12.8 Å². The van der Waals surface area contributed by atoms with E-state index < -0.39 is 5.92 Å². The predicted octanol–water partition coefficient (Wildman–Crippen LogP) is 4.01. The van der Waals surface area contributed by atoms with Gasteiger partial charge in [-0.15, -0.1) is 0 Å². The Labute approximate surface area is 214 Å². The van der Waals surface area contributed by atoms with Crippen LogP contribution in [0.5, 0.6) is 0 Å². The molecule has 1 atom stereocenters. The van der Waals surface area contributed by atoms with Gasteiger partial charge in [-0.25, -0.2) is 9.97 Å². The minimum absolute atomic E-state index is 0.0754. The Bertz CT molecular complexity index is 1250. The Morgan fingerprint density at radius 2 is 1.72 bits per heavy atom. The van der Waals surface area contributed by atoms with Gasteiger partial charge in [-0.1, -0.05) is 11.6 Å². The standard InChI is InChI=1S/C26H27ClN6O3/c1-17-28-23(15-24(29-17)32-10-12-36-13-11-32)30-20-4-6-21(7-5-20)31-26(35)18-14-25(34)33(16-18)22-8-2-19(27)3-9-22/h2-9,15,18H,10-14,16H2,1H3,(H,31,35)(H,28,29,30). The third-order valence-corrected chi connectivity index (χ3v) is 6.47. The molecule has 0 saturated carbocycles. The summed E-state index contributed by atoms with van der Waals surface area (Å²) in [5.41, 5.74) is 2.24. The molecule has 2 amide bonds. The second kappa shape index (κ2) is 10.5. The van der Waals surface area contributed by atoms with Crippen molar-refractivity contribution >= 4 is 52.1 Å². The van der Waals surface area contributed by atoms with Gasteiger partial charge in [0.2, 0.25) is 11.8 Å². The second-order valence-electron chi connectivity index (χ2n) is 8.83. The zero-order valence-electron chi connectivity index (χ0n) is 19.9. The maximum atomic E-state index is 12.8. The van der Waals surface area contributed by atoms with Crippen molar-refractivity contribution in [3.8, 4) is 0 Å². The van der Waals surface area contributed by atoms with E-state index in [1.54, 1.807) is 29.2 Å². The normalized spacial score (nSPS) is 17.8. The minimum Gasteiger partial charge on any atom is -0.378 e. The third-order valence-electron chi connectivity index (χ3n) is 6.22. The first kappa shape index (κ1) is 24.0. The summed E-state index contributed by atoms with van der Waals surface area (Å²) in [6, 6.07) is 16.4. The van der Waals surface area contributed by atoms with E-state index in [1.165, 1.54) is 0 Å². The number of carbonyl (C=O) groups is 2. The molecule has 2 aromatic carbocycles. The molecule has 2 saturated heterocycles. The lowest BCUT2D eigenvalue weighted by atomic mass is 10.1. The highest BCUT2D eigenvalue weighted by molar-refractivity contribution is 6.30. The highest BCUT2D eigenvalue weighted by Crippen LogP contribution is 2.28. The monoisotopic (exact) mass is 506 g/mol. The van der Waals surface area contributed by atoms with Gasteiger partial charge in [-0.2, -0.15) is 0 Å². The van der Waals surface area contributed by atoms with Crippen LogP contribution in [-0.4, -0.2) is 54.6 Å². The number of carbonyl (C=O) groups excluding carboxylic acids is 2. The van der Waals surface area contributed by atoms with E-state index in [1.807, 2.05) is 37.3 Å². The van der Waals surface area contributed by atoms with Crippen LogP contribution in [0.3, 0.4) is 0 Å². The Morgan fingerprint density at radius 3 is 2.44 bits per heavy atom. The molecule has 5 rings (SSSR count). The zero-order valence-corrected chi connectivity index (χ0v) is 20.7. The Balaban J connectivity index is 1.20. The molecular formula is C26H27ClN6O3. The summed E-state index contributed by atoms with van der Waals surface area (Å²) in [5, 5.41) is 6.84. The van der Waals surface area contributed by atoms with Crippen molar-refractivity contribution in [3.63, 3.8) is 0 Å². The molecule has 0 radical (unpaired) electrons. The van der Waals surface area contributed by atoms with Gasteiger partial charge in [0.05, 0.1) is 19.1 Å². The first-order valence-corrected chi connectivity index (χ1v) is 12.2. The van der Waals surface area contributed by atoms with Crippen molar-refractivity contribution in [1.82, 2.24) is 9.97 Å². The van der Waals surface area contributed by atoms with Crippen LogP contribution in [0.25, 0.3) is 0 Å². The van der Waals surface area contributed by atoms with Crippen LogP contribution in [-0.2, 0) is 14.3 Å². The van der Waals surface area contributed by atoms with Crippen LogP contribution in [0.4, 0.5) is 28.7 Å². The van der Waals surface area contributed by atoms with E-state index in [0.29, 0.717) is 42.1 Å². The Hall–Kier alpha value is -3.69. The van der Waals surface area contributed by atoms with Gasteiger partial charge in [0, 0.05) is 54.2 Å². The summed E-state index contributed by atoms with van der Waals surface area (Å²) in [6.07, 6.45) is 0.173. The molecular weight excluding hydrogens is 480 g/mol. The maximum Gasteiger partial charge on any atom is 0.229 e. The van der Waals surface area contributed by atoms with E-state index in [-0.39, 0.29) is 18.2 Å². The number of benzene rings is 2. The van der Waals surface area contributed by atoms with Gasteiger partial charge in [-0.3, -0.25) is 9.59 Å². The Kier molecular flexibility index (Phi) is 7.02. The third kappa shape index (κ3) is 5.58. The molecule has 2 aliphatic heterocycles. The van der Waals surface area contributed by atoms with Crippen LogP contribution in [0.1, 0.15) is 12.2 Å². The summed E-state index contributed by atoms with van der Waals surface area (Å²) < 4.78 is 5.43. The first-order chi connectivity index (χ1) is 17.4. The number of hydrogen-bond acceptors (Lipinski definition) is 7. The number of nitrogens with one attached hydrogen (secondary N) is 2. The van der Waals surface area contributed by atoms with Gasteiger partial charge in [0.25, 0.3) is 0 Å². The fourth-order valence-corrected chi connectivity index (χ4v) is 4.48. The van der Waals surface area contributed by atoms with Crippen molar-refractivity contribution in [2.45, 2.75) is 13.3 Å². The first-order valence-electron chi connectivity index (χ1n) is 11.9. The second-order valence-corrected chi connectivity index (χ2v) is 9.27. The molecule has 2 aliphatic rings. The summed E-state index contributed by atoms with van der Waals surface area (Å²) in [7, 11) is 0. The molecule has 3 heterocycles. The zero-order chi connectivity index (χ0) is 25.1. The molecule has 36 heavy (non-hydrogen) atoms. The Morgan fingerprint density at radius 1 is 1.03 bits per heavy atom. The van der Waals surface area contributed by atoms with E-state index in [0.717, 1.165) is 30.3 Å². The maximum absolute atomic E-state index is 12.8. The van der Waals surface area contributed by atoms with Crippen molar-refractivity contribution in [3.05, 3.63) is 65.4 Å². The summed E-state index contributed by atoms with van der Waals surface area (Å²) >= 11 is 5.94. The van der Waals surface area contributed by atoms with Crippen molar-refractivity contribution in [2.24, 2.45) is 5.92 Å². The number of aryl methyl sites for hydroxylation is 1. The molecule has 10 heteroatoms. The van der Waals surface area contributed by atoms with E-state index in [9.17, 15) is 9.59 Å². The van der Waals surface area contributed by atoms with E-state index >= 15 is 0 Å². The summed E-state index contributed by atoms with van der Waals surface area (Å²) in [4.78, 5) is 38.2. The van der Waals surface area contributed by atoms with Crippen molar-refractivity contribution in [1.29, 1.82) is 0 Å². The number of halogens is 1. The molecule has 0 bridgehead atoms. The number of amides is 2. The number of anilines is 5. The van der Waals surface area contributed by atoms with Crippen LogP contribution in [0.15, 0.2) is 54.6 Å². The molecule has 3 aromatic rings. The number of morpholine rings is 1. The SMILES string of the molecule is Cc1nc(Nc2ccc(NC(=O)C3CC(=O)N(c4ccc(Cl)cc4)C3)cc2)cc(N2CCOCC2)n1. The van der Waals surface area contributed by atoms with E-state index in [4.69, 9.17) is 16.3 Å². The van der Waals surface area contributed by atoms with Crippen LogP contribution in [0.2, 0.25) is 5.02 Å². The summed E-state index contributed by atoms with van der Waals surface area (Å²) in [5.74, 6) is 1.58. The minimum atomic E-state index is -0.423. The number of rotatable bonds is 6. The molecule has 186 valence electrons. The molecule has 2 fully saturated rings. The topological polar surface area (TPSA) is 99.7 Å². The highest BCUT2D eigenvalue weighted by Gasteiger charge is 2.35. The van der Waals surface area contributed by atoms with Gasteiger partial charge in [0.1, 0.15) is 17.5 Å². The molecule has 2 N–H and O–H groups in total. The van der Waals surface area contributed by atoms with Gasteiger partial charge in [0.15, 0.2) is 0 Å². The van der Waals surface area contributed by atoms with Gasteiger partial charge < -0.3 is 25.2 Å². The lowest BCUT2D eigenvalue weighted by Gasteiger charge is -2.28. The van der Waals surface area contributed by atoms with Crippen LogP contribution >= 0.6 is 11.6 Å². The lowest BCUT2D eigenvalue weighted by molar-refractivity contribution is -0.122. The average Bonchev–Trinajstić information content (AvgIpc) is 3.27. The number of nitrogens with zero attached hydrogens (tertiary/aromatic N) is 4. The van der Waals surface area contributed by atoms with Crippen LogP contribution < -0.4 is 20.4 Å². The van der Waals surface area contributed by atoms with Crippen molar-refractivity contribution < 1.29 is 14.3 Å². The fraction of sp³-hybridized carbons (Fsp3) is 0.308. The van der Waals surface area contributed by atoms with Crippen molar-refractivity contribution in [2.75, 3.05) is 53.3 Å². The molecule has 0 spiro atoms. The molecule has 0 aliphatic carbocycles. The number of hydrogen-bond donors (Lipinski definition) is 2. The van der Waals surface area contributed by atoms with Gasteiger partial charge >= 0.3 is 0 Å².